The Morgan fingerprint density at radius 1 is 1.59 bits per heavy atom. The predicted octanol–water partition coefficient (Wildman–Crippen LogP) is 0.553. The van der Waals surface area contributed by atoms with Gasteiger partial charge in [0.15, 0.2) is 15.7 Å². The number of hydrogen-bond donors (Lipinski definition) is 1. The van der Waals surface area contributed by atoms with Gasteiger partial charge in [0, 0.05) is 24.3 Å². The number of thioether (sulfide) groups is 1. The van der Waals surface area contributed by atoms with E-state index in [-0.39, 0.29) is 11.9 Å². The van der Waals surface area contributed by atoms with Crippen LogP contribution in [0.25, 0.3) is 0 Å². The van der Waals surface area contributed by atoms with Crippen molar-refractivity contribution in [3.8, 4) is 0 Å². The molecule has 1 saturated heterocycles. The van der Waals surface area contributed by atoms with Gasteiger partial charge in [0.1, 0.15) is 5.25 Å². The Hall–Kier alpha value is -0.600. The second kappa shape index (κ2) is 4.95. The lowest BCUT2D eigenvalue weighted by molar-refractivity contribution is 0.339. The van der Waals surface area contributed by atoms with E-state index in [9.17, 15) is 8.42 Å². The molecular formula is C9H15N3O3S2. The van der Waals surface area contributed by atoms with Crippen molar-refractivity contribution in [2.24, 2.45) is 0 Å². The van der Waals surface area contributed by atoms with Crippen molar-refractivity contribution in [1.29, 1.82) is 0 Å². The number of sulfone groups is 1. The molecule has 0 saturated carbocycles. The summed E-state index contributed by atoms with van der Waals surface area (Å²) in [5, 5.41) is 6.28. The highest BCUT2D eigenvalue weighted by Crippen LogP contribution is 2.23. The lowest BCUT2D eigenvalue weighted by Crippen LogP contribution is -2.30. The van der Waals surface area contributed by atoms with Crippen molar-refractivity contribution in [3.05, 3.63) is 11.7 Å². The molecule has 1 aromatic heterocycles. The molecule has 96 valence electrons. The fraction of sp³-hybridized carbons (Fsp3) is 0.778. The highest BCUT2D eigenvalue weighted by Gasteiger charge is 2.26. The zero-order valence-electron chi connectivity index (χ0n) is 9.71. The Morgan fingerprint density at radius 3 is 2.94 bits per heavy atom. The fourth-order valence-corrected chi connectivity index (χ4v) is 2.87. The first-order chi connectivity index (χ1) is 7.98. The third kappa shape index (κ3) is 2.99. The summed E-state index contributed by atoms with van der Waals surface area (Å²) in [5.41, 5.74) is 0. The van der Waals surface area contributed by atoms with Gasteiger partial charge in [-0.25, -0.2) is 8.42 Å². The van der Waals surface area contributed by atoms with E-state index in [4.69, 9.17) is 4.52 Å². The first-order valence-electron chi connectivity index (χ1n) is 5.32. The summed E-state index contributed by atoms with van der Waals surface area (Å²) in [7, 11) is -3.18. The van der Waals surface area contributed by atoms with Gasteiger partial charge in [0.05, 0.1) is 6.04 Å². The first-order valence-corrected chi connectivity index (χ1v) is 8.43. The summed E-state index contributed by atoms with van der Waals surface area (Å²) in [6, 6.07) is 0.0294. The molecule has 1 N–H and O–H groups in total. The minimum atomic E-state index is -3.18. The van der Waals surface area contributed by atoms with E-state index in [1.165, 1.54) is 6.26 Å². The molecule has 0 amide bonds. The van der Waals surface area contributed by atoms with E-state index < -0.39 is 15.1 Å². The maximum absolute atomic E-state index is 11.4. The van der Waals surface area contributed by atoms with E-state index >= 15 is 0 Å². The molecule has 0 aliphatic carbocycles. The smallest absolute Gasteiger partial charge is 0.244 e. The van der Waals surface area contributed by atoms with Crippen LogP contribution in [0.2, 0.25) is 0 Å². The molecule has 0 aromatic carbocycles. The molecule has 2 unspecified atom stereocenters. The maximum Gasteiger partial charge on any atom is 0.244 e. The van der Waals surface area contributed by atoms with Crippen molar-refractivity contribution >= 4 is 21.6 Å². The number of nitrogens with zero attached hydrogens (tertiary/aromatic N) is 2. The molecule has 1 aromatic rings. The summed E-state index contributed by atoms with van der Waals surface area (Å²) in [5.74, 6) is 2.65. The van der Waals surface area contributed by atoms with Crippen LogP contribution in [0, 0.1) is 0 Å². The Morgan fingerprint density at radius 2 is 2.35 bits per heavy atom. The largest absolute Gasteiger partial charge is 0.338 e. The second-order valence-corrected chi connectivity index (χ2v) is 7.56. The molecule has 1 fully saturated rings. The minimum Gasteiger partial charge on any atom is -0.338 e. The van der Waals surface area contributed by atoms with Gasteiger partial charge in [-0.3, -0.25) is 0 Å². The molecule has 8 heteroatoms. The van der Waals surface area contributed by atoms with E-state index in [1.807, 2.05) is 11.8 Å². The average Bonchev–Trinajstić information content (AvgIpc) is 2.77. The van der Waals surface area contributed by atoms with Crippen LogP contribution < -0.4 is 5.32 Å². The zero-order chi connectivity index (χ0) is 12.5. The third-order valence-corrected chi connectivity index (χ3v) is 5.24. The number of rotatable bonds is 3. The van der Waals surface area contributed by atoms with Gasteiger partial charge in [0.2, 0.25) is 5.89 Å². The van der Waals surface area contributed by atoms with Crippen LogP contribution in [0.4, 0.5) is 0 Å². The molecule has 1 aliphatic heterocycles. The summed E-state index contributed by atoms with van der Waals surface area (Å²) in [4.78, 5) is 4.17. The van der Waals surface area contributed by atoms with Crippen molar-refractivity contribution in [3.63, 3.8) is 0 Å². The highest BCUT2D eigenvalue weighted by atomic mass is 32.2. The number of nitrogens with one attached hydrogen (secondary N) is 1. The fourth-order valence-electron chi connectivity index (χ4n) is 1.47. The number of hydrogen-bond acceptors (Lipinski definition) is 7. The number of aromatic nitrogens is 2. The summed E-state index contributed by atoms with van der Waals surface area (Å²) in [6.07, 6.45) is 1.17. The topological polar surface area (TPSA) is 85.1 Å². The van der Waals surface area contributed by atoms with E-state index in [0.717, 1.165) is 18.1 Å². The minimum absolute atomic E-state index is 0.0294. The van der Waals surface area contributed by atoms with Crippen molar-refractivity contribution in [1.82, 2.24) is 15.5 Å². The van der Waals surface area contributed by atoms with E-state index in [2.05, 4.69) is 15.5 Å². The van der Waals surface area contributed by atoms with Crippen molar-refractivity contribution < 1.29 is 12.9 Å². The Kier molecular flexibility index (Phi) is 3.74. The molecule has 2 heterocycles. The van der Waals surface area contributed by atoms with Gasteiger partial charge in [-0.1, -0.05) is 5.16 Å². The Labute approximate surface area is 104 Å². The van der Waals surface area contributed by atoms with Crippen molar-refractivity contribution in [2.45, 2.75) is 18.2 Å². The third-order valence-electron chi connectivity index (χ3n) is 2.68. The monoisotopic (exact) mass is 277 g/mol. The first kappa shape index (κ1) is 12.8. The molecule has 0 spiro atoms. The standard InChI is InChI=1S/C9H15N3O3S2/c1-6(17(2,13)14)8-11-9(15-12-8)7-5-16-4-3-10-7/h6-7,10H,3-5H2,1-2H3. The van der Waals surface area contributed by atoms with Gasteiger partial charge < -0.3 is 9.84 Å². The summed E-state index contributed by atoms with van der Waals surface area (Å²) in [6.45, 7) is 2.46. The van der Waals surface area contributed by atoms with E-state index in [0.29, 0.717) is 5.89 Å². The normalized spacial score (nSPS) is 23.5. The average molecular weight is 277 g/mol. The van der Waals surface area contributed by atoms with Gasteiger partial charge >= 0.3 is 0 Å². The highest BCUT2D eigenvalue weighted by molar-refractivity contribution is 7.99. The van der Waals surface area contributed by atoms with Crippen LogP contribution in [0.1, 0.15) is 29.9 Å². The molecule has 17 heavy (non-hydrogen) atoms. The Balaban J connectivity index is 2.15. The lowest BCUT2D eigenvalue weighted by atomic mass is 10.3. The second-order valence-electron chi connectivity index (χ2n) is 4.04. The van der Waals surface area contributed by atoms with Crippen LogP contribution >= 0.6 is 11.8 Å². The van der Waals surface area contributed by atoms with Crippen molar-refractivity contribution in [2.75, 3.05) is 24.3 Å². The molecule has 6 nitrogen and oxygen atoms in total. The molecular weight excluding hydrogens is 262 g/mol. The molecule has 2 rings (SSSR count). The molecule has 0 bridgehead atoms. The predicted molar refractivity (Wildman–Crippen MR) is 65.6 cm³/mol. The summed E-state index contributed by atoms with van der Waals surface area (Å²) < 4.78 is 27.9. The van der Waals surface area contributed by atoms with Crippen LogP contribution in [-0.2, 0) is 9.84 Å². The van der Waals surface area contributed by atoms with Gasteiger partial charge in [0.25, 0.3) is 0 Å². The Bertz CT molecular complexity index is 479. The van der Waals surface area contributed by atoms with Gasteiger partial charge in [-0.2, -0.15) is 16.7 Å². The summed E-state index contributed by atoms with van der Waals surface area (Å²) >= 11 is 1.81. The van der Waals surface area contributed by atoms with Crippen LogP contribution in [-0.4, -0.2) is 42.9 Å². The molecule has 2 atom stereocenters. The van der Waals surface area contributed by atoms with E-state index in [1.54, 1.807) is 6.92 Å². The van der Waals surface area contributed by atoms with Gasteiger partial charge in [-0.05, 0) is 6.92 Å². The molecule has 1 aliphatic rings. The molecule has 0 radical (unpaired) electrons. The van der Waals surface area contributed by atoms with Crippen LogP contribution in [0.15, 0.2) is 4.52 Å². The SMILES string of the molecule is CC(c1noc(C2CSCCN2)n1)S(C)(=O)=O. The van der Waals surface area contributed by atoms with Crippen LogP contribution in [0.5, 0.6) is 0 Å². The lowest BCUT2D eigenvalue weighted by Gasteiger charge is -2.19. The quantitative estimate of drug-likeness (QED) is 0.863. The van der Waals surface area contributed by atoms with Crippen LogP contribution in [0.3, 0.4) is 0 Å². The zero-order valence-corrected chi connectivity index (χ0v) is 11.3. The van der Waals surface area contributed by atoms with Gasteiger partial charge in [-0.15, -0.1) is 0 Å². The maximum atomic E-state index is 11.4.